The molecule has 3 heterocycles. The normalized spacial score (nSPS) is 25.1. The second kappa shape index (κ2) is 9.64. The lowest BCUT2D eigenvalue weighted by Crippen LogP contribution is -2.26. The average Bonchev–Trinajstić information content (AvgIpc) is 3.20. The smallest absolute Gasteiger partial charge is 0.390 e. The second-order valence-corrected chi connectivity index (χ2v) is 10.9. The standard InChI is InChI=1S/C12H20N5O13P3/c1-26-16-10-6-2-3-17(11(6)15-12(13)14-10)9-4-7(18)8(28-9)5-27-32(22,23)30-33(24,25)29-31(19,20)21/h2-3,7-9,18H,4-5H2,1H3,(H,22,23)(H,24,25)(H2,19,20,21)(H3,13,14,15,16). The number of phosphoric ester groups is 1. The Kier molecular flexibility index (Phi) is 7.63. The first-order valence-corrected chi connectivity index (χ1v) is 13.3. The molecule has 1 fully saturated rings. The van der Waals surface area contributed by atoms with Crippen molar-refractivity contribution in [1.82, 2.24) is 14.5 Å². The van der Waals surface area contributed by atoms with Crippen LogP contribution in [0, 0.1) is 0 Å². The Balaban J connectivity index is 1.69. The Labute approximate surface area is 184 Å². The van der Waals surface area contributed by atoms with Crippen molar-refractivity contribution in [3.05, 3.63) is 12.3 Å². The molecule has 5 unspecified atom stereocenters. The summed E-state index contributed by atoms with van der Waals surface area (Å²) in [4.78, 5) is 48.7. The fourth-order valence-corrected chi connectivity index (χ4v) is 5.99. The van der Waals surface area contributed by atoms with Gasteiger partial charge in [0, 0.05) is 12.6 Å². The Morgan fingerprint density at radius 3 is 2.55 bits per heavy atom. The van der Waals surface area contributed by atoms with Gasteiger partial charge in [0.2, 0.25) is 5.95 Å². The molecule has 0 radical (unpaired) electrons. The van der Waals surface area contributed by atoms with Crippen LogP contribution in [0.15, 0.2) is 12.3 Å². The van der Waals surface area contributed by atoms with E-state index >= 15 is 0 Å². The van der Waals surface area contributed by atoms with Crippen molar-refractivity contribution >= 4 is 46.3 Å². The highest BCUT2D eigenvalue weighted by Gasteiger charge is 2.43. The van der Waals surface area contributed by atoms with Gasteiger partial charge in [0.15, 0.2) is 5.82 Å². The number of hydrogen-bond donors (Lipinski definition) is 7. The number of rotatable bonds is 10. The van der Waals surface area contributed by atoms with Gasteiger partial charge in [0.1, 0.15) is 18.0 Å². The third-order valence-electron chi connectivity index (χ3n) is 4.12. The molecule has 5 atom stereocenters. The molecule has 0 aliphatic carbocycles. The lowest BCUT2D eigenvalue weighted by molar-refractivity contribution is -0.0421. The van der Waals surface area contributed by atoms with Crippen LogP contribution in [-0.2, 0) is 36.4 Å². The average molecular weight is 535 g/mol. The first kappa shape index (κ1) is 26.1. The number of hydrogen-bond acceptors (Lipinski definition) is 13. The highest BCUT2D eigenvalue weighted by atomic mass is 31.3. The zero-order chi connectivity index (χ0) is 24.6. The minimum absolute atomic E-state index is 0.00878. The van der Waals surface area contributed by atoms with Crippen molar-refractivity contribution in [2.45, 2.75) is 24.9 Å². The maximum Gasteiger partial charge on any atom is 0.490 e. The summed E-state index contributed by atoms with van der Waals surface area (Å²) in [5.41, 5.74) is 8.58. The van der Waals surface area contributed by atoms with Crippen molar-refractivity contribution in [2.75, 3.05) is 24.9 Å². The van der Waals surface area contributed by atoms with E-state index in [1.807, 2.05) is 0 Å². The maximum atomic E-state index is 11.9. The minimum Gasteiger partial charge on any atom is -0.390 e. The molecule has 0 spiro atoms. The number of phosphoric acid groups is 3. The number of nitrogens with one attached hydrogen (secondary N) is 1. The summed E-state index contributed by atoms with van der Waals surface area (Å²) in [7, 11) is -15.2. The Morgan fingerprint density at radius 2 is 1.91 bits per heavy atom. The van der Waals surface area contributed by atoms with E-state index in [0.29, 0.717) is 11.0 Å². The van der Waals surface area contributed by atoms with E-state index in [0.717, 1.165) is 0 Å². The predicted molar refractivity (Wildman–Crippen MR) is 107 cm³/mol. The van der Waals surface area contributed by atoms with E-state index in [4.69, 9.17) is 30.0 Å². The maximum absolute atomic E-state index is 11.9. The molecule has 0 aromatic carbocycles. The Bertz CT molecular complexity index is 1150. The minimum atomic E-state index is -5.66. The van der Waals surface area contributed by atoms with Gasteiger partial charge in [-0.25, -0.2) is 19.2 Å². The second-order valence-electron chi connectivity index (χ2n) is 6.52. The number of aliphatic hydroxyl groups is 1. The summed E-state index contributed by atoms with van der Waals surface area (Å²) in [5.74, 6) is 0.200. The van der Waals surface area contributed by atoms with Crippen molar-refractivity contribution in [2.24, 2.45) is 0 Å². The van der Waals surface area contributed by atoms with Crippen LogP contribution in [0.5, 0.6) is 0 Å². The number of aliphatic hydroxyl groups excluding tert-OH is 1. The molecule has 2 aromatic rings. The van der Waals surface area contributed by atoms with Gasteiger partial charge in [-0.15, -0.1) is 0 Å². The molecule has 0 saturated carbocycles. The summed E-state index contributed by atoms with van der Waals surface area (Å²) in [6.45, 7) is -0.797. The summed E-state index contributed by atoms with van der Waals surface area (Å²) in [5, 5.41) is 10.8. The number of ether oxygens (including phenoxy) is 1. The monoisotopic (exact) mass is 535 g/mol. The van der Waals surface area contributed by atoms with E-state index in [1.165, 1.54) is 11.7 Å². The van der Waals surface area contributed by atoms with Crippen molar-refractivity contribution < 1.29 is 61.1 Å². The number of aromatic nitrogens is 3. The quantitative estimate of drug-likeness (QED) is 0.155. The van der Waals surface area contributed by atoms with Gasteiger partial charge >= 0.3 is 23.5 Å². The van der Waals surface area contributed by atoms with E-state index in [2.05, 4.69) is 28.6 Å². The molecule has 8 N–H and O–H groups in total. The van der Waals surface area contributed by atoms with Crippen molar-refractivity contribution in [3.63, 3.8) is 0 Å². The molecular weight excluding hydrogens is 515 g/mol. The third-order valence-corrected chi connectivity index (χ3v) is 7.92. The molecule has 3 rings (SSSR count). The zero-order valence-electron chi connectivity index (χ0n) is 16.6. The lowest BCUT2D eigenvalue weighted by atomic mass is 10.2. The van der Waals surface area contributed by atoms with Gasteiger partial charge in [-0.2, -0.15) is 18.6 Å². The van der Waals surface area contributed by atoms with E-state index in [1.54, 1.807) is 12.3 Å². The molecule has 33 heavy (non-hydrogen) atoms. The predicted octanol–water partition coefficient (Wildman–Crippen LogP) is -0.0215. The van der Waals surface area contributed by atoms with Crippen LogP contribution in [0.25, 0.3) is 11.0 Å². The fraction of sp³-hybridized carbons (Fsp3) is 0.500. The van der Waals surface area contributed by atoms with E-state index in [9.17, 15) is 23.7 Å². The number of nitrogen functional groups attached to an aromatic ring is 1. The number of anilines is 2. The van der Waals surface area contributed by atoms with Gasteiger partial charge in [-0.05, 0) is 6.07 Å². The molecule has 1 saturated heterocycles. The molecule has 0 amide bonds. The van der Waals surface area contributed by atoms with Crippen LogP contribution in [0.4, 0.5) is 11.8 Å². The molecule has 2 aromatic heterocycles. The van der Waals surface area contributed by atoms with Crippen molar-refractivity contribution in [3.8, 4) is 0 Å². The molecule has 21 heteroatoms. The van der Waals surface area contributed by atoms with Gasteiger partial charge < -0.3 is 39.7 Å². The van der Waals surface area contributed by atoms with Gasteiger partial charge in [-0.1, -0.05) is 0 Å². The van der Waals surface area contributed by atoms with Gasteiger partial charge in [0.05, 0.1) is 25.2 Å². The van der Waals surface area contributed by atoms with Crippen molar-refractivity contribution in [1.29, 1.82) is 0 Å². The SMILES string of the molecule is CONc1nc(N)nc2c1ccn2C1CC(O)C(COP(=O)(O)OP(=O)(O)OP(=O)(O)O)O1. The lowest BCUT2D eigenvalue weighted by Gasteiger charge is -2.19. The van der Waals surface area contributed by atoms with Crippen LogP contribution in [-0.4, -0.2) is 65.1 Å². The summed E-state index contributed by atoms with van der Waals surface area (Å²) in [6.07, 6.45) is -1.67. The Morgan fingerprint density at radius 1 is 1.21 bits per heavy atom. The summed E-state index contributed by atoms with van der Waals surface area (Å²) < 4.78 is 52.8. The third kappa shape index (κ3) is 6.77. The van der Waals surface area contributed by atoms with Crippen LogP contribution < -0.4 is 11.2 Å². The largest absolute Gasteiger partial charge is 0.490 e. The fourth-order valence-electron chi connectivity index (χ4n) is 2.96. The summed E-state index contributed by atoms with van der Waals surface area (Å²) in [6, 6.07) is 1.63. The van der Waals surface area contributed by atoms with Crippen LogP contribution in [0.1, 0.15) is 12.6 Å². The molecular formula is C12H20N5O13P3. The van der Waals surface area contributed by atoms with E-state index < -0.39 is 48.5 Å². The molecule has 0 bridgehead atoms. The summed E-state index contributed by atoms with van der Waals surface area (Å²) >= 11 is 0. The Hall–Kier alpha value is -1.49. The first-order chi connectivity index (χ1) is 15.2. The highest BCUT2D eigenvalue weighted by molar-refractivity contribution is 7.66. The van der Waals surface area contributed by atoms with Crippen LogP contribution in [0.2, 0.25) is 0 Å². The highest BCUT2D eigenvalue weighted by Crippen LogP contribution is 2.66. The topological polar surface area (TPSA) is 267 Å². The van der Waals surface area contributed by atoms with Gasteiger partial charge in [-0.3, -0.25) is 9.36 Å². The zero-order valence-corrected chi connectivity index (χ0v) is 19.2. The molecule has 186 valence electrons. The number of nitrogens with zero attached hydrogens (tertiary/aromatic N) is 3. The number of fused-ring (bicyclic) bond motifs is 1. The van der Waals surface area contributed by atoms with Crippen LogP contribution >= 0.6 is 23.5 Å². The van der Waals surface area contributed by atoms with Crippen LogP contribution in [0.3, 0.4) is 0 Å². The van der Waals surface area contributed by atoms with Gasteiger partial charge in [0.25, 0.3) is 0 Å². The molecule has 1 aliphatic heterocycles. The molecule has 18 nitrogen and oxygen atoms in total. The number of nitrogens with two attached hydrogens (primary N) is 1. The van der Waals surface area contributed by atoms with E-state index in [-0.39, 0.29) is 18.2 Å². The first-order valence-electron chi connectivity index (χ1n) is 8.74. The molecule has 1 aliphatic rings.